The molecule has 2 aromatic heterocycles. The van der Waals surface area contributed by atoms with Crippen molar-refractivity contribution in [3.63, 3.8) is 0 Å². The molecule has 0 spiro atoms. The van der Waals surface area contributed by atoms with Gasteiger partial charge in [0.25, 0.3) is 0 Å². The van der Waals surface area contributed by atoms with E-state index in [1.165, 1.54) is 17.0 Å². The highest BCUT2D eigenvalue weighted by Crippen LogP contribution is 2.23. The SMILES string of the molecule is Cc1csc(NC(=O)CN2CCN(c3c(C)n[nH]c3C)CC2)n1. The van der Waals surface area contributed by atoms with Crippen molar-refractivity contribution in [1.29, 1.82) is 0 Å². The van der Waals surface area contributed by atoms with Crippen molar-refractivity contribution in [1.82, 2.24) is 20.1 Å². The number of nitrogens with zero attached hydrogens (tertiary/aromatic N) is 4. The molecule has 0 aliphatic carbocycles. The van der Waals surface area contributed by atoms with Crippen molar-refractivity contribution >= 4 is 28.1 Å². The van der Waals surface area contributed by atoms with E-state index in [4.69, 9.17) is 0 Å². The third-order valence-electron chi connectivity index (χ3n) is 4.01. The van der Waals surface area contributed by atoms with E-state index < -0.39 is 0 Å². The fourth-order valence-corrected chi connectivity index (χ4v) is 3.62. The van der Waals surface area contributed by atoms with Crippen LogP contribution in [-0.2, 0) is 4.79 Å². The molecule has 3 rings (SSSR count). The average Bonchev–Trinajstić information content (AvgIpc) is 3.06. The second-order valence-electron chi connectivity index (χ2n) is 5.89. The van der Waals surface area contributed by atoms with Crippen molar-refractivity contribution < 1.29 is 4.79 Å². The van der Waals surface area contributed by atoms with Crippen molar-refractivity contribution in [2.75, 3.05) is 42.9 Å². The fourth-order valence-electron chi connectivity index (χ4n) is 2.91. The minimum Gasteiger partial charge on any atom is -0.366 e. The third kappa shape index (κ3) is 3.70. The van der Waals surface area contributed by atoms with Crippen molar-refractivity contribution in [3.05, 3.63) is 22.5 Å². The molecule has 3 heterocycles. The number of piperazine rings is 1. The number of thiazole rings is 1. The highest BCUT2D eigenvalue weighted by Gasteiger charge is 2.22. The molecule has 0 radical (unpaired) electrons. The molecule has 1 aliphatic heterocycles. The average molecular weight is 334 g/mol. The number of aromatic amines is 1. The van der Waals surface area contributed by atoms with Crippen LogP contribution in [0.5, 0.6) is 0 Å². The molecule has 0 atom stereocenters. The summed E-state index contributed by atoms with van der Waals surface area (Å²) in [4.78, 5) is 20.9. The summed E-state index contributed by atoms with van der Waals surface area (Å²) >= 11 is 1.46. The van der Waals surface area contributed by atoms with Gasteiger partial charge in [-0.15, -0.1) is 11.3 Å². The maximum Gasteiger partial charge on any atom is 0.240 e. The Balaban J connectivity index is 1.50. The summed E-state index contributed by atoms with van der Waals surface area (Å²) in [5.74, 6) is 0.00322. The second kappa shape index (κ2) is 6.67. The maximum atomic E-state index is 12.1. The predicted molar refractivity (Wildman–Crippen MR) is 92.2 cm³/mol. The summed E-state index contributed by atoms with van der Waals surface area (Å²) in [6.45, 7) is 9.96. The van der Waals surface area contributed by atoms with Gasteiger partial charge in [0.2, 0.25) is 5.91 Å². The van der Waals surface area contributed by atoms with Crippen LogP contribution in [0.3, 0.4) is 0 Å². The van der Waals surface area contributed by atoms with Crippen LogP contribution in [-0.4, -0.2) is 58.7 Å². The molecule has 2 aromatic rings. The molecule has 2 N–H and O–H groups in total. The Bertz CT molecular complexity index is 666. The van der Waals surface area contributed by atoms with E-state index in [0.717, 1.165) is 43.3 Å². The molecule has 1 aliphatic rings. The molecular formula is C15H22N6OS. The standard InChI is InChI=1S/C15H22N6OS/c1-10-9-23-15(16-10)17-13(22)8-20-4-6-21(7-5-20)14-11(2)18-19-12(14)3/h9H,4-8H2,1-3H3,(H,18,19)(H,16,17,22). The first-order valence-corrected chi connectivity index (χ1v) is 8.62. The zero-order valence-corrected chi connectivity index (χ0v) is 14.5. The first-order valence-electron chi connectivity index (χ1n) is 7.74. The minimum atomic E-state index is 0.00322. The number of H-pyrrole nitrogens is 1. The molecule has 8 heteroatoms. The molecular weight excluding hydrogens is 312 g/mol. The minimum absolute atomic E-state index is 0.00322. The Labute approximate surface area is 139 Å². The lowest BCUT2D eigenvalue weighted by Gasteiger charge is -2.35. The van der Waals surface area contributed by atoms with E-state index in [2.05, 4.69) is 30.3 Å². The van der Waals surface area contributed by atoms with E-state index in [1.54, 1.807) is 0 Å². The molecule has 1 saturated heterocycles. The fraction of sp³-hybridized carbons (Fsp3) is 0.533. The second-order valence-corrected chi connectivity index (χ2v) is 6.75. The van der Waals surface area contributed by atoms with Crippen LogP contribution < -0.4 is 10.2 Å². The molecule has 1 fully saturated rings. The number of anilines is 2. The summed E-state index contributed by atoms with van der Waals surface area (Å²) in [5, 5.41) is 12.8. The van der Waals surface area contributed by atoms with Crippen molar-refractivity contribution in [3.8, 4) is 0 Å². The smallest absolute Gasteiger partial charge is 0.240 e. The molecule has 0 unspecified atom stereocenters. The number of rotatable bonds is 4. The summed E-state index contributed by atoms with van der Waals surface area (Å²) in [6.07, 6.45) is 0. The number of aryl methyl sites for hydroxylation is 3. The Kier molecular flexibility index (Phi) is 4.63. The van der Waals surface area contributed by atoms with Gasteiger partial charge in [0.1, 0.15) is 0 Å². The summed E-state index contributed by atoms with van der Waals surface area (Å²) in [7, 11) is 0. The number of amides is 1. The number of aromatic nitrogens is 3. The van der Waals surface area contributed by atoms with Crippen LogP contribution in [0.1, 0.15) is 17.1 Å². The number of hydrogen-bond acceptors (Lipinski definition) is 6. The lowest BCUT2D eigenvalue weighted by atomic mass is 10.2. The van der Waals surface area contributed by atoms with E-state index in [9.17, 15) is 4.79 Å². The zero-order chi connectivity index (χ0) is 16.4. The van der Waals surface area contributed by atoms with Gasteiger partial charge in [-0.25, -0.2) is 4.98 Å². The van der Waals surface area contributed by atoms with Crippen LogP contribution in [0.4, 0.5) is 10.8 Å². The molecule has 23 heavy (non-hydrogen) atoms. The van der Waals surface area contributed by atoms with Gasteiger partial charge in [0.05, 0.1) is 29.3 Å². The van der Waals surface area contributed by atoms with Gasteiger partial charge in [0.15, 0.2) is 5.13 Å². The highest BCUT2D eigenvalue weighted by molar-refractivity contribution is 7.13. The van der Waals surface area contributed by atoms with E-state index in [0.29, 0.717) is 11.7 Å². The molecule has 124 valence electrons. The zero-order valence-electron chi connectivity index (χ0n) is 13.7. The van der Waals surface area contributed by atoms with Crippen LogP contribution in [0.25, 0.3) is 0 Å². The van der Waals surface area contributed by atoms with Gasteiger partial charge in [-0.1, -0.05) is 0 Å². The normalized spacial score (nSPS) is 15.9. The van der Waals surface area contributed by atoms with Crippen LogP contribution in [0, 0.1) is 20.8 Å². The Morgan fingerprint density at radius 1 is 1.30 bits per heavy atom. The van der Waals surface area contributed by atoms with Crippen molar-refractivity contribution in [2.45, 2.75) is 20.8 Å². The van der Waals surface area contributed by atoms with Crippen LogP contribution >= 0.6 is 11.3 Å². The van der Waals surface area contributed by atoms with Crippen molar-refractivity contribution in [2.24, 2.45) is 0 Å². The summed E-state index contributed by atoms with van der Waals surface area (Å²) < 4.78 is 0. The molecule has 0 bridgehead atoms. The van der Waals surface area contributed by atoms with Gasteiger partial charge in [-0.05, 0) is 20.8 Å². The molecule has 7 nitrogen and oxygen atoms in total. The monoisotopic (exact) mass is 334 g/mol. The predicted octanol–water partition coefficient (Wildman–Crippen LogP) is 1.55. The lowest BCUT2D eigenvalue weighted by molar-refractivity contribution is -0.117. The molecule has 0 saturated carbocycles. The maximum absolute atomic E-state index is 12.1. The first-order chi connectivity index (χ1) is 11.0. The Morgan fingerprint density at radius 3 is 2.61 bits per heavy atom. The Hall–Kier alpha value is -1.93. The van der Waals surface area contributed by atoms with Gasteiger partial charge in [-0.3, -0.25) is 14.8 Å². The van der Waals surface area contributed by atoms with Gasteiger partial charge >= 0.3 is 0 Å². The van der Waals surface area contributed by atoms with Crippen LogP contribution in [0.15, 0.2) is 5.38 Å². The third-order valence-corrected chi connectivity index (χ3v) is 4.89. The topological polar surface area (TPSA) is 77.2 Å². The lowest BCUT2D eigenvalue weighted by Crippen LogP contribution is -2.49. The largest absolute Gasteiger partial charge is 0.366 e. The van der Waals surface area contributed by atoms with Gasteiger partial charge in [-0.2, -0.15) is 5.10 Å². The van der Waals surface area contributed by atoms with E-state index in [1.807, 2.05) is 26.2 Å². The number of carbonyl (C=O) groups is 1. The Morgan fingerprint density at radius 2 is 2.04 bits per heavy atom. The quantitative estimate of drug-likeness (QED) is 0.887. The highest BCUT2D eigenvalue weighted by atomic mass is 32.1. The van der Waals surface area contributed by atoms with Gasteiger partial charge < -0.3 is 10.2 Å². The molecule has 0 aromatic carbocycles. The number of hydrogen-bond donors (Lipinski definition) is 2. The first kappa shape index (κ1) is 15.9. The van der Waals surface area contributed by atoms with E-state index >= 15 is 0 Å². The summed E-state index contributed by atoms with van der Waals surface area (Å²) in [6, 6.07) is 0. The number of nitrogens with one attached hydrogen (secondary N) is 2. The number of carbonyl (C=O) groups excluding carboxylic acids is 1. The van der Waals surface area contributed by atoms with Crippen LogP contribution in [0.2, 0.25) is 0 Å². The molecule has 1 amide bonds. The van der Waals surface area contributed by atoms with E-state index in [-0.39, 0.29) is 5.91 Å². The summed E-state index contributed by atoms with van der Waals surface area (Å²) in [5.41, 5.74) is 4.28. The van der Waals surface area contributed by atoms with Gasteiger partial charge in [0, 0.05) is 31.6 Å².